The summed E-state index contributed by atoms with van der Waals surface area (Å²) < 4.78 is 24.3. The second-order valence-electron chi connectivity index (χ2n) is 1.92. The van der Waals surface area contributed by atoms with Crippen LogP contribution in [0.25, 0.3) is 0 Å². The molecule has 11 heavy (non-hydrogen) atoms. The molecule has 0 aliphatic carbocycles. The van der Waals surface area contributed by atoms with Crippen molar-refractivity contribution in [2.45, 2.75) is 6.92 Å². The fourth-order valence-electron chi connectivity index (χ4n) is 0.601. The highest BCUT2D eigenvalue weighted by Gasteiger charge is 1.97. The van der Waals surface area contributed by atoms with E-state index in [-0.39, 0.29) is 0 Å². The lowest BCUT2D eigenvalue weighted by atomic mass is 10.2. The van der Waals surface area contributed by atoms with E-state index < -0.39 is 11.6 Å². The van der Waals surface area contributed by atoms with Gasteiger partial charge in [0.25, 0.3) is 0 Å². The summed E-state index contributed by atoms with van der Waals surface area (Å²) in [5.41, 5.74) is 5.23. The molecule has 1 aromatic rings. The maximum absolute atomic E-state index is 12.2. The van der Waals surface area contributed by atoms with Gasteiger partial charge in [0.2, 0.25) is 0 Å². The van der Waals surface area contributed by atoms with E-state index in [1.165, 1.54) is 13.1 Å². The molecule has 0 heterocycles. The minimum atomic E-state index is -0.791. The molecule has 62 valence electrons. The van der Waals surface area contributed by atoms with Gasteiger partial charge in [0.1, 0.15) is 0 Å². The largest absolute Gasteiger partial charge is 0.333 e. The van der Waals surface area contributed by atoms with E-state index in [1.807, 2.05) is 0 Å². The highest BCUT2D eigenvalue weighted by Crippen LogP contribution is 2.06. The maximum atomic E-state index is 12.2. The second-order valence-corrected chi connectivity index (χ2v) is 1.92. The normalized spacial score (nSPS) is 8.45. The van der Waals surface area contributed by atoms with E-state index in [4.69, 9.17) is 0 Å². The fraction of sp³-hybridized carbons (Fsp3) is 0.250. The van der Waals surface area contributed by atoms with Crippen LogP contribution in [-0.2, 0) is 0 Å². The van der Waals surface area contributed by atoms with Crippen molar-refractivity contribution in [3.8, 4) is 0 Å². The second kappa shape index (κ2) is 4.79. The summed E-state index contributed by atoms with van der Waals surface area (Å²) in [6.45, 7) is 1.71. The summed E-state index contributed by atoms with van der Waals surface area (Å²) in [4.78, 5) is 0. The number of rotatable bonds is 0. The zero-order valence-electron chi connectivity index (χ0n) is 6.57. The first-order chi connectivity index (χ1) is 5.20. The average Bonchev–Trinajstić information content (AvgIpc) is 2.02. The molecular weight excluding hydrogens is 148 g/mol. The third kappa shape index (κ3) is 3.09. The molecular formula is C8H11F2N. The Morgan fingerprint density at radius 1 is 1.09 bits per heavy atom. The highest BCUT2D eigenvalue weighted by molar-refractivity contribution is 5.15. The summed E-state index contributed by atoms with van der Waals surface area (Å²) in [7, 11) is 1.50. The van der Waals surface area contributed by atoms with Gasteiger partial charge in [0.15, 0.2) is 11.6 Å². The molecule has 0 saturated heterocycles. The van der Waals surface area contributed by atoms with Gasteiger partial charge in [-0.05, 0) is 31.7 Å². The molecule has 3 heteroatoms. The van der Waals surface area contributed by atoms with Gasteiger partial charge in [-0.15, -0.1) is 0 Å². The summed E-state index contributed by atoms with van der Waals surface area (Å²) in [5, 5.41) is 0. The number of halogens is 2. The van der Waals surface area contributed by atoms with Crippen molar-refractivity contribution >= 4 is 0 Å². The third-order valence-electron chi connectivity index (χ3n) is 1.08. The molecule has 1 nitrogen and oxygen atoms in total. The van der Waals surface area contributed by atoms with Crippen LogP contribution in [0.1, 0.15) is 5.56 Å². The molecule has 2 N–H and O–H groups in total. The van der Waals surface area contributed by atoms with Gasteiger partial charge in [-0.1, -0.05) is 6.07 Å². The van der Waals surface area contributed by atoms with Gasteiger partial charge < -0.3 is 5.73 Å². The van der Waals surface area contributed by atoms with Gasteiger partial charge in [0, 0.05) is 0 Å². The van der Waals surface area contributed by atoms with Crippen molar-refractivity contribution < 1.29 is 8.78 Å². The quantitative estimate of drug-likeness (QED) is 0.614. The van der Waals surface area contributed by atoms with Gasteiger partial charge in [-0.25, -0.2) is 8.78 Å². The zero-order chi connectivity index (χ0) is 8.85. The predicted octanol–water partition coefficient (Wildman–Crippen LogP) is 1.85. The zero-order valence-corrected chi connectivity index (χ0v) is 6.57. The van der Waals surface area contributed by atoms with Gasteiger partial charge >= 0.3 is 0 Å². The first kappa shape index (κ1) is 10.0. The lowest BCUT2D eigenvalue weighted by molar-refractivity contribution is 0.508. The van der Waals surface area contributed by atoms with Crippen LogP contribution in [0.3, 0.4) is 0 Å². The SMILES string of the molecule is CN.Cc1ccc(F)c(F)c1. The fourth-order valence-corrected chi connectivity index (χ4v) is 0.601. The highest BCUT2D eigenvalue weighted by atomic mass is 19.2. The smallest absolute Gasteiger partial charge is 0.159 e. The Bertz CT molecular complexity index is 223. The van der Waals surface area contributed by atoms with Gasteiger partial charge in [-0.3, -0.25) is 0 Å². The van der Waals surface area contributed by atoms with Crippen molar-refractivity contribution in [1.82, 2.24) is 0 Å². The first-order valence-corrected chi connectivity index (χ1v) is 3.19. The molecule has 0 amide bonds. The number of benzene rings is 1. The first-order valence-electron chi connectivity index (χ1n) is 3.19. The van der Waals surface area contributed by atoms with Crippen LogP contribution in [0.4, 0.5) is 8.78 Å². The van der Waals surface area contributed by atoms with Gasteiger partial charge in [-0.2, -0.15) is 0 Å². The summed E-state index contributed by atoms with van der Waals surface area (Å²) in [5.74, 6) is -1.57. The lowest BCUT2D eigenvalue weighted by Crippen LogP contribution is -1.82. The Morgan fingerprint density at radius 2 is 1.64 bits per heavy atom. The van der Waals surface area contributed by atoms with Crippen LogP contribution in [0, 0.1) is 18.6 Å². The van der Waals surface area contributed by atoms with E-state index in [1.54, 1.807) is 6.92 Å². The van der Waals surface area contributed by atoms with Crippen LogP contribution in [0.5, 0.6) is 0 Å². The molecule has 0 spiro atoms. The molecule has 0 aliphatic rings. The Hall–Kier alpha value is -0.960. The van der Waals surface area contributed by atoms with Crippen LogP contribution < -0.4 is 5.73 Å². The van der Waals surface area contributed by atoms with E-state index in [9.17, 15) is 8.78 Å². The number of nitrogens with two attached hydrogens (primary N) is 1. The molecule has 0 atom stereocenters. The lowest BCUT2D eigenvalue weighted by Gasteiger charge is -1.91. The molecule has 0 saturated carbocycles. The molecule has 1 rings (SSSR count). The molecule has 0 aromatic heterocycles. The average molecular weight is 159 g/mol. The summed E-state index contributed by atoms with van der Waals surface area (Å²) >= 11 is 0. The standard InChI is InChI=1S/C7H6F2.CH5N/c1-5-2-3-6(8)7(9)4-5;1-2/h2-4H,1H3;2H2,1H3. The van der Waals surface area contributed by atoms with Crippen LogP contribution in [0.2, 0.25) is 0 Å². The van der Waals surface area contributed by atoms with Crippen molar-refractivity contribution in [2.24, 2.45) is 5.73 Å². The number of aryl methyl sites for hydroxylation is 1. The van der Waals surface area contributed by atoms with E-state index in [2.05, 4.69) is 5.73 Å². The van der Waals surface area contributed by atoms with Crippen molar-refractivity contribution in [3.05, 3.63) is 35.4 Å². The van der Waals surface area contributed by atoms with Crippen LogP contribution >= 0.6 is 0 Å². The summed E-state index contributed by atoms with van der Waals surface area (Å²) in [6, 6.07) is 3.80. The van der Waals surface area contributed by atoms with Crippen LogP contribution in [0.15, 0.2) is 18.2 Å². The van der Waals surface area contributed by atoms with Crippen molar-refractivity contribution in [2.75, 3.05) is 7.05 Å². The Kier molecular flexibility index (Phi) is 4.38. The van der Waals surface area contributed by atoms with E-state index in [0.717, 1.165) is 17.7 Å². The molecule has 0 aliphatic heterocycles. The minimum Gasteiger partial charge on any atom is -0.333 e. The van der Waals surface area contributed by atoms with Crippen molar-refractivity contribution in [3.63, 3.8) is 0 Å². The number of hydrogen-bond donors (Lipinski definition) is 1. The van der Waals surface area contributed by atoms with E-state index >= 15 is 0 Å². The Morgan fingerprint density at radius 3 is 2.00 bits per heavy atom. The number of hydrogen-bond acceptors (Lipinski definition) is 1. The Labute approximate surface area is 64.8 Å². The van der Waals surface area contributed by atoms with Crippen LogP contribution in [-0.4, -0.2) is 7.05 Å². The molecule has 0 bridgehead atoms. The summed E-state index contributed by atoms with van der Waals surface area (Å²) in [6.07, 6.45) is 0. The monoisotopic (exact) mass is 159 g/mol. The molecule has 1 aromatic carbocycles. The predicted molar refractivity (Wildman–Crippen MR) is 41.2 cm³/mol. The molecule has 0 fully saturated rings. The van der Waals surface area contributed by atoms with E-state index in [0.29, 0.717) is 0 Å². The third-order valence-corrected chi connectivity index (χ3v) is 1.08. The van der Waals surface area contributed by atoms with Gasteiger partial charge in [0.05, 0.1) is 0 Å². The molecule has 0 unspecified atom stereocenters. The minimum absolute atomic E-state index is 0.730. The topological polar surface area (TPSA) is 26.0 Å². The Balaban J connectivity index is 0.000000461. The van der Waals surface area contributed by atoms with Crippen molar-refractivity contribution in [1.29, 1.82) is 0 Å². The maximum Gasteiger partial charge on any atom is 0.159 e. The molecule has 0 radical (unpaired) electrons.